The van der Waals surface area contributed by atoms with Crippen LogP contribution in [0.2, 0.25) is 0 Å². The predicted octanol–water partition coefficient (Wildman–Crippen LogP) is 1.67. The third kappa shape index (κ3) is 4.49. The van der Waals surface area contributed by atoms with Crippen molar-refractivity contribution in [3.8, 4) is 0 Å². The molecule has 0 saturated carbocycles. The van der Waals surface area contributed by atoms with Gasteiger partial charge in [0.1, 0.15) is 5.69 Å². The number of benzene rings is 1. The van der Waals surface area contributed by atoms with Crippen molar-refractivity contribution >= 4 is 39.3 Å². The molecule has 0 radical (unpaired) electrons. The fraction of sp³-hybridized carbons (Fsp3) is 0.133. The maximum Gasteiger partial charge on any atom is 0.261 e. The number of nitrogens with one attached hydrogen (secondary N) is 2. The van der Waals surface area contributed by atoms with Crippen LogP contribution in [0.4, 0.5) is 5.69 Å². The van der Waals surface area contributed by atoms with Crippen LogP contribution in [0.1, 0.15) is 16.8 Å². The fourth-order valence-electron chi connectivity index (χ4n) is 1.94. The number of hydrazone groups is 1. The molecule has 4 N–H and O–H groups in total. The van der Waals surface area contributed by atoms with Crippen molar-refractivity contribution in [1.82, 2.24) is 10.4 Å². The van der Waals surface area contributed by atoms with Gasteiger partial charge in [-0.05, 0) is 55.4 Å². The Labute approximate surface area is 146 Å². The monoisotopic (exact) mass is 363 g/mol. The van der Waals surface area contributed by atoms with E-state index in [2.05, 4.69) is 32.5 Å². The Bertz CT molecular complexity index is 894. The van der Waals surface area contributed by atoms with Crippen LogP contribution in [-0.2, 0) is 10.0 Å². The van der Waals surface area contributed by atoms with Crippen LogP contribution in [0.5, 0.6) is 0 Å². The van der Waals surface area contributed by atoms with Crippen molar-refractivity contribution in [2.24, 2.45) is 10.8 Å². The smallest absolute Gasteiger partial charge is 0.261 e. The number of hydrogen-bond donors (Lipinski definition) is 3. The van der Waals surface area contributed by atoms with E-state index in [0.29, 0.717) is 16.9 Å². The normalized spacial score (nSPS) is 11.4. The molecule has 0 aliphatic heterocycles. The third-order valence-electron chi connectivity index (χ3n) is 3.09. The van der Waals surface area contributed by atoms with Gasteiger partial charge in [0.15, 0.2) is 5.11 Å². The van der Waals surface area contributed by atoms with Crippen LogP contribution in [0.15, 0.2) is 46.5 Å². The highest BCUT2D eigenvalue weighted by Crippen LogP contribution is 2.22. The van der Waals surface area contributed by atoms with Gasteiger partial charge >= 0.3 is 0 Å². The molecule has 0 fully saturated rings. The molecule has 0 spiro atoms. The summed E-state index contributed by atoms with van der Waals surface area (Å²) in [5.74, 6) is 0. The lowest BCUT2D eigenvalue weighted by molar-refractivity contribution is 0.601. The second-order valence-corrected chi connectivity index (χ2v) is 7.17. The number of nitrogens with zero attached hydrogens (tertiary/aromatic N) is 2. The van der Waals surface area contributed by atoms with E-state index in [0.717, 1.165) is 5.56 Å². The summed E-state index contributed by atoms with van der Waals surface area (Å²) >= 11 is 4.65. The van der Waals surface area contributed by atoms with E-state index in [1.54, 1.807) is 31.3 Å². The zero-order chi connectivity index (χ0) is 17.7. The number of nitrogens with two attached hydrogens (primary N) is 1. The van der Waals surface area contributed by atoms with E-state index in [9.17, 15) is 8.42 Å². The Morgan fingerprint density at radius 2 is 2.08 bits per heavy atom. The number of pyridine rings is 1. The number of aromatic nitrogens is 1. The summed E-state index contributed by atoms with van der Waals surface area (Å²) in [6.45, 7) is 3.60. The van der Waals surface area contributed by atoms with E-state index >= 15 is 0 Å². The Morgan fingerprint density at radius 1 is 1.33 bits per heavy atom. The molecule has 126 valence electrons. The number of anilines is 1. The van der Waals surface area contributed by atoms with Crippen LogP contribution in [0.25, 0.3) is 0 Å². The molecule has 1 aromatic carbocycles. The van der Waals surface area contributed by atoms with Crippen molar-refractivity contribution in [1.29, 1.82) is 0 Å². The summed E-state index contributed by atoms with van der Waals surface area (Å²) in [5.41, 5.74) is 9.93. The molecule has 7 nitrogen and oxygen atoms in total. The van der Waals surface area contributed by atoms with Crippen LogP contribution in [-0.4, -0.2) is 24.7 Å². The summed E-state index contributed by atoms with van der Waals surface area (Å²) in [6, 6.07) is 8.34. The molecule has 0 amide bonds. The van der Waals surface area contributed by atoms with Crippen LogP contribution in [0.3, 0.4) is 0 Å². The van der Waals surface area contributed by atoms with Gasteiger partial charge in [0, 0.05) is 6.20 Å². The van der Waals surface area contributed by atoms with Crippen LogP contribution < -0.4 is 15.9 Å². The first-order valence-electron chi connectivity index (χ1n) is 6.93. The first-order valence-corrected chi connectivity index (χ1v) is 8.82. The molecule has 1 heterocycles. The lowest BCUT2D eigenvalue weighted by Gasteiger charge is -2.13. The van der Waals surface area contributed by atoms with Gasteiger partial charge in [0.2, 0.25) is 0 Å². The summed E-state index contributed by atoms with van der Waals surface area (Å²) < 4.78 is 27.8. The van der Waals surface area contributed by atoms with Crippen molar-refractivity contribution < 1.29 is 8.42 Å². The predicted molar refractivity (Wildman–Crippen MR) is 98.5 cm³/mol. The maximum atomic E-state index is 12.6. The molecule has 24 heavy (non-hydrogen) atoms. The molecule has 0 aliphatic rings. The highest BCUT2D eigenvalue weighted by atomic mass is 32.2. The van der Waals surface area contributed by atoms with Gasteiger partial charge in [-0.15, -0.1) is 0 Å². The number of hydrogen-bond acceptors (Lipinski definition) is 5. The summed E-state index contributed by atoms with van der Waals surface area (Å²) in [6.07, 6.45) is 2.90. The quantitative estimate of drug-likeness (QED) is 0.423. The molecule has 0 aliphatic carbocycles. The van der Waals surface area contributed by atoms with Crippen molar-refractivity contribution in [2.75, 3.05) is 4.72 Å². The second-order valence-electron chi connectivity index (χ2n) is 5.04. The standard InChI is InChI=1S/C15H17N5O2S2/c1-10-4-3-5-12(8-10)24(21,22)20-14-11(2)6-7-17-13(14)9-18-19-15(16)23/h3-9,20H,1-2H3,(H3,16,19,23). The Morgan fingerprint density at radius 3 is 2.75 bits per heavy atom. The van der Waals surface area contributed by atoms with Crippen LogP contribution in [0, 0.1) is 13.8 Å². The van der Waals surface area contributed by atoms with Crippen molar-refractivity contribution in [2.45, 2.75) is 18.7 Å². The van der Waals surface area contributed by atoms with E-state index in [1.807, 2.05) is 13.0 Å². The first-order chi connectivity index (χ1) is 11.3. The highest BCUT2D eigenvalue weighted by Gasteiger charge is 2.17. The first kappa shape index (κ1) is 17.8. The summed E-state index contributed by atoms with van der Waals surface area (Å²) in [7, 11) is -3.74. The van der Waals surface area contributed by atoms with Crippen molar-refractivity contribution in [3.05, 3.63) is 53.3 Å². The minimum absolute atomic E-state index is 0.000736. The summed E-state index contributed by atoms with van der Waals surface area (Å²) in [4.78, 5) is 4.31. The number of sulfonamides is 1. The third-order valence-corrected chi connectivity index (χ3v) is 4.53. The van der Waals surface area contributed by atoms with Gasteiger partial charge in [-0.1, -0.05) is 12.1 Å². The van der Waals surface area contributed by atoms with Gasteiger partial charge in [0.05, 0.1) is 16.8 Å². The second kappa shape index (κ2) is 7.37. The minimum atomic E-state index is -3.74. The van der Waals surface area contributed by atoms with Crippen LogP contribution >= 0.6 is 12.2 Å². The highest BCUT2D eigenvalue weighted by molar-refractivity contribution is 7.92. The number of aryl methyl sites for hydroxylation is 2. The van der Waals surface area contributed by atoms with Gasteiger partial charge in [0.25, 0.3) is 10.0 Å². The zero-order valence-corrected chi connectivity index (χ0v) is 14.8. The minimum Gasteiger partial charge on any atom is -0.375 e. The molecule has 9 heteroatoms. The molecular weight excluding hydrogens is 346 g/mol. The Hall–Kier alpha value is -2.52. The topological polar surface area (TPSA) is 109 Å². The molecule has 0 unspecified atom stereocenters. The van der Waals surface area contributed by atoms with E-state index in [4.69, 9.17) is 5.73 Å². The molecular formula is C15H17N5O2S2. The number of rotatable bonds is 5. The average Bonchev–Trinajstić information content (AvgIpc) is 2.50. The molecule has 2 rings (SSSR count). The molecule has 0 saturated heterocycles. The summed E-state index contributed by atoms with van der Waals surface area (Å²) in [5, 5.41) is 3.82. The van der Waals surface area contributed by atoms with E-state index < -0.39 is 10.0 Å². The van der Waals surface area contributed by atoms with Gasteiger partial charge < -0.3 is 5.73 Å². The molecule has 1 aromatic heterocycles. The largest absolute Gasteiger partial charge is 0.375 e. The number of thiocarbonyl (C=S) groups is 1. The SMILES string of the molecule is Cc1cccc(S(=O)(=O)Nc2c(C)ccnc2C=NNC(N)=S)c1. The van der Waals surface area contributed by atoms with E-state index in [-0.39, 0.29) is 10.0 Å². The van der Waals surface area contributed by atoms with E-state index in [1.165, 1.54) is 12.3 Å². The average molecular weight is 363 g/mol. The molecule has 0 atom stereocenters. The maximum absolute atomic E-state index is 12.6. The lowest BCUT2D eigenvalue weighted by atomic mass is 10.2. The zero-order valence-electron chi connectivity index (χ0n) is 13.1. The molecule has 0 bridgehead atoms. The van der Waals surface area contributed by atoms with Gasteiger partial charge in [-0.3, -0.25) is 15.1 Å². The lowest BCUT2D eigenvalue weighted by Crippen LogP contribution is -2.24. The Kier molecular flexibility index (Phi) is 5.47. The van der Waals surface area contributed by atoms with Gasteiger partial charge in [-0.25, -0.2) is 8.42 Å². The fourth-order valence-corrected chi connectivity index (χ4v) is 3.25. The Balaban J connectivity index is 2.38. The molecule has 2 aromatic rings. The van der Waals surface area contributed by atoms with Gasteiger partial charge in [-0.2, -0.15) is 5.10 Å². The van der Waals surface area contributed by atoms with Crippen molar-refractivity contribution in [3.63, 3.8) is 0 Å².